The number of aromatic nitrogens is 1. The van der Waals surface area contributed by atoms with E-state index in [4.69, 9.17) is 0 Å². The minimum atomic E-state index is 1.10. The van der Waals surface area contributed by atoms with Crippen LogP contribution in [0.2, 0.25) is 0 Å². The lowest BCUT2D eigenvalue weighted by Crippen LogP contribution is -2.09. The number of rotatable bonds is 7. The molecule has 2 heterocycles. The zero-order chi connectivity index (χ0) is 38.4. The minimum absolute atomic E-state index is 1.10. The van der Waals surface area contributed by atoms with Crippen molar-refractivity contribution in [3.63, 3.8) is 0 Å². The van der Waals surface area contributed by atoms with E-state index < -0.39 is 0 Å². The first-order chi connectivity index (χ1) is 28.8. The molecule has 0 spiro atoms. The van der Waals surface area contributed by atoms with Crippen LogP contribution in [0.5, 0.6) is 0 Å². The number of fused-ring (bicyclic) bond motifs is 8. The maximum absolute atomic E-state index is 2.44. The Morgan fingerprint density at radius 1 is 0.276 bits per heavy atom. The van der Waals surface area contributed by atoms with E-state index in [-0.39, 0.29) is 0 Å². The minimum Gasteiger partial charge on any atom is -0.315 e. The van der Waals surface area contributed by atoms with Gasteiger partial charge in [0.1, 0.15) is 0 Å². The van der Waals surface area contributed by atoms with Crippen LogP contribution in [0.3, 0.4) is 0 Å². The van der Waals surface area contributed by atoms with Crippen LogP contribution >= 0.6 is 0 Å². The first-order valence-corrected chi connectivity index (χ1v) is 19.9. The van der Waals surface area contributed by atoms with Gasteiger partial charge in [0, 0.05) is 39.6 Å². The molecular formula is C56H38N2. The van der Waals surface area contributed by atoms with E-state index in [1.165, 1.54) is 76.9 Å². The molecule has 272 valence electrons. The molecule has 0 aliphatic heterocycles. The zero-order valence-electron chi connectivity index (χ0n) is 31.8. The molecule has 0 amide bonds. The van der Waals surface area contributed by atoms with Crippen LogP contribution in [0.25, 0.3) is 82.5 Å². The monoisotopic (exact) mass is 738 g/mol. The van der Waals surface area contributed by atoms with E-state index in [0.29, 0.717) is 0 Å². The second kappa shape index (κ2) is 14.1. The van der Waals surface area contributed by atoms with Crippen LogP contribution in [0.1, 0.15) is 0 Å². The summed E-state index contributed by atoms with van der Waals surface area (Å²) in [4.78, 5) is 2.35. The highest BCUT2D eigenvalue weighted by molar-refractivity contribution is 6.30. The van der Waals surface area contributed by atoms with Gasteiger partial charge in [0.2, 0.25) is 0 Å². The number of pyridine rings is 1. The fraction of sp³-hybridized carbons (Fsp3) is 0. The maximum Gasteiger partial charge on any atom is 0.0620 e. The fourth-order valence-corrected chi connectivity index (χ4v) is 8.83. The Morgan fingerprint density at radius 2 is 0.638 bits per heavy atom. The SMILES string of the molecule is c1ccc(-c2ccc(N(c3ccc(-c4ccccc4)cc3)c3ccc(-c4ccc5c(-c6ccccc6)c6c7ccccc7c7ccccc7c6n5c4)cc3)cc2)cc1. The van der Waals surface area contributed by atoms with Crippen molar-refractivity contribution in [2.24, 2.45) is 0 Å². The van der Waals surface area contributed by atoms with Crippen LogP contribution in [-0.4, -0.2) is 4.40 Å². The number of anilines is 3. The van der Waals surface area contributed by atoms with E-state index in [1.54, 1.807) is 0 Å². The first-order valence-electron chi connectivity index (χ1n) is 19.9. The van der Waals surface area contributed by atoms with Gasteiger partial charge in [-0.25, -0.2) is 0 Å². The zero-order valence-corrected chi connectivity index (χ0v) is 31.8. The van der Waals surface area contributed by atoms with Crippen molar-refractivity contribution in [2.45, 2.75) is 0 Å². The second-order valence-electron chi connectivity index (χ2n) is 14.9. The third-order valence-corrected chi connectivity index (χ3v) is 11.6. The smallest absolute Gasteiger partial charge is 0.0620 e. The average molecular weight is 739 g/mol. The van der Waals surface area contributed by atoms with E-state index in [9.17, 15) is 0 Å². The van der Waals surface area contributed by atoms with Crippen molar-refractivity contribution in [3.8, 4) is 44.5 Å². The molecule has 0 atom stereocenters. The summed E-state index contributed by atoms with van der Waals surface area (Å²) in [5, 5.41) is 6.38. The van der Waals surface area contributed by atoms with Crippen molar-refractivity contribution >= 4 is 55.0 Å². The van der Waals surface area contributed by atoms with Crippen LogP contribution < -0.4 is 4.90 Å². The molecular weight excluding hydrogens is 701 g/mol. The summed E-state index contributed by atoms with van der Waals surface area (Å²) in [6.45, 7) is 0. The maximum atomic E-state index is 2.44. The van der Waals surface area contributed by atoms with Crippen molar-refractivity contribution in [1.82, 2.24) is 4.40 Å². The summed E-state index contributed by atoms with van der Waals surface area (Å²) in [6, 6.07) is 81.1. The third-order valence-electron chi connectivity index (χ3n) is 11.6. The molecule has 11 rings (SSSR count). The van der Waals surface area contributed by atoms with Gasteiger partial charge in [-0.05, 0) is 97.6 Å². The second-order valence-corrected chi connectivity index (χ2v) is 14.9. The van der Waals surface area contributed by atoms with Gasteiger partial charge in [-0.2, -0.15) is 0 Å². The van der Waals surface area contributed by atoms with Crippen molar-refractivity contribution in [3.05, 3.63) is 231 Å². The topological polar surface area (TPSA) is 7.65 Å². The summed E-state index contributed by atoms with van der Waals surface area (Å²) < 4.78 is 2.44. The Hall–Kier alpha value is -7.68. The van der Waals surface area contributed by atoms with Crippen molar-refractivity contribution < 1.29 is 0 Å². The van der Waals surface area contributed by atoms with Crippen LogP contribution in [0.4, 0.5) is 17.1 Å². The summed E-state index contributed by atoms with van der Waals surface area (Å²) in [5.74, 6) is 0. The lowest BCUT2D eigenvalue weighted by atomic mass is 9.94. The number of hydrogen-bond donors (Lipinski definition) is 0. The Balaban J connectivity index is 1.04. The van der Waals surface area contributed by atoms with Crippen LogP contribution in [-0.2, 0) is 0 Å². The summed E-state index contributed by atoms with van der Waals surface area (Å²) >= 11 is 0. The van der Waals surface area contributed by atoms with Crippen LogP contribution in [0, 0.1) is 0 Å². The van der Waals surface area contributed by atoms with E-state index in [2.05, 4.69) is 240 Å². The molecule has 2 aromatic heterocycles. The molecule has 0 saturated carbocycles. The highest BCUT2D eigenvalue weighted by atomic mass is 15.1. The molecule has 9 aromatic carbocycles. The largest absolute Gasteiger partial charge is 0.315 e. The molecule has 0 aliphatic rings. The standard InChI is InChI=1S/C56H38N2/c1-4-14-39(15-5-1)41-24-31-46(32-25-41)58(47-33-26-42(27-34-47)40-16-6-2-7-17-40)48-35-28-43(29-36-48)45-30-37-53-54(44-18-8-3-9-19-44)55-51-22-12-10-20-49(51)50-21-11-13-23-52(50)56(55)57(53)38-45/h1-38H. The quantitative estimate of drug-likeness (QED) is 0.148. The van der Waals surface area contributed by atoms with Gasteiger partial charge in [-0.3, -0.25) is 0 Å². The molecule has 0 fully saturated rings. The van der Waals surface area contributed by atoms with Crippen molar-refractivity contribution in [1.29, 1.82) is 0 Å². The Morgan fingerprint density at radius 3 is 1.14 bits per heavy atom. The molecule has 2 nitrogen and oxygen atoms in total. The van der Waals surface area contributed by atoms with Gasteiger partial charge >= 0.3 is 0 Å². The van der Waals surface area contributed by atoms with Gasteiger partial charge in [-0.1, -0.05) is 182 Å². The predicted molar refractivity (Wildman–Crippen MR) is 246 cm³/mol. The Labute approximate surface area is 338 Å². The Kier molecular flexibility index (Phi) is 8.19. The molecule has 0 aliphatic carbocycles. The first kappa shape index (κ1) is 33.6. The molecule has 11 aromatic rings. The lowest BCUT2D eigenvalue weighted by Gasteiger charge is -2.26. The number of nitrogens with zero attached hydrogens (tertiary/aromatic N) is 2. The molecule has 0 saturated heterocycles. The van der Waals surface area contributed by atoms with Gasteiger partial charge in [0.05, 0.1) is 11.0 Å². The molecule has 0 radical (unpaired) electrons. The highest BCUT2D eigenvalue weighted by Crippen LogP contribution is 2.45. The van der Waals surface area contributed by atoms with Gasteiger partial charge < -0.3 is 9.30 Å². The number of benzene rings is 9. The van der Waals surface area contributed by atoms with Gasteiger partial charge in [0.25, 0.3) is 0 Å². The molecule has 0 N–H and O–H groups in total. The number of hydrogen-bond acceptors (Lipinski definition) is 1. The molecule has 58 heavy (non-hydrogen) atoms. The van der Waals surface area contributed by atoms with Gasteiger partial charge in [-0.15, -0.1) is 0 Å². The normalized spacial score (nSPS) is 11.4. The fourth-order valence-electron chi connectivity index (χ4n) is 8.83. The third kappa shape index (κ3) is 5.74. The predicted octanol–water partition coefficient (Wildman–Crippen LogP) is 15.5. The van der Waals surface area contributed by atoms with E-state index >= 15 is 0 Å². The van der Waals surface area contributed by atoms with Crippen molar-refractivity contribution in [2.75, 3.05) is 4.90 Å². The average Bonchev–Trinajstić information content (AvgIpc) is 3.66. The Bertz CT molecular complexity index is 3140. The molecule has 0 unspecified atom stereocenters. The molecule has 2 heteroatoms. The summed E-state index contributed by atoms with van der Waals surface area (Å²) in [7, 11) is 0. The highest BCUT2D eigenvalue weighted by Gasteiger charge is 2.20. The van der Waals surface area contributed by atoms with Crippen LogP contribution in [0.15, 0.2) is 231 Å². The van der Waals surface area contributed by atoms with Gasteiger partial charge in [0.15, 0.2) is 0 Å². The van der Waals surface area contributed by atoms with E-state index in [0.717, 1.165) is 22.6 Å². The summed E-state index contributed by atoms with van der Waals surface area (Å²) in [6.07, 6.45) is 2.34. The summed E-state index contributed by atoms with van der Waals surface area (Å²) in [5.41, 5.74) is 15.4. The molecule has 0 bridgehead atoms. The van der Waals surface area contributed by atoms with E-state index in [1.807, 2.05) is 0 Å². The lowest BCUT2D eigenvalue weighted by molar-refractivity contribution is 1.26.